The highest BCUT2D eigenvalue weighted by molar-refractivity contribution is 8.26. The molecule has 1 aliphatic rings. The van der Waals surface area contributed by atoms with Gasteiger partial charge < -0.3 is 15.0 Å². The number of carbonyl (C=O) groups excluding carboxylic acids is 2. The third-order valence-corrected chi connectivity index (χ3v) is 5.00. The van der Waals surface area contributed by atoms with Crippen molar-refractivity contribution in [2.24, 2.45) is 0 Å². The van der Waals surface area contributed by atoms with Gasteiger partial charge >= 0.3 is 0 Å². The number of thioether (sulfide) groups is 1. The zero-order valence-corrected chi connectivity index (χ0v) is 15.1. The number of amides is 1. The van der Waals surface area contributed by atoms with Gasteiger partial charge in [-0.15, -0.1) is 5.75 Å². The molecule has 0 saturated carbocycles. The lowest BCUT2D eigenvalue weighted by atomic mass is 10.1. The molecule has 0 radical (unpaired) electrons. The van der Waals surface area contributed by atoms with Gasteiger partial charge in [0, 0.05) is 24.6 Å². The number of rotatable bonds is 8. The summed E-state index contributed by atoms with van der Waals surface area (Å²) in [5.41, 5.74) is -0.187. The highest BCUT2D eigenvalue weighted by Crippen LogP contribution is 2.34. The SMILES string of the molecule is O=C([O-])CCCCCN1C(=O)/C(=C/c2cc([N+](=O)[O-])ccc2[O-])SC1=S. The van der Waals surface area contributed by atoms with Crippen LogP contribution >= 0.6 is 24.0 Å². The van der Waals surface area contributed by atoms with Crippen LogP contribution in [0, 0.1) is 10.1 Å². The van der Waals surface area contributed by atoms with Crippen molar-refractivity contribution < 1.29 is 24.7 Å². The van der Waals surface area contributed by atoms with Gasteiger partial charge in [-0.1, -0.05) is 36.5 Å². The molecule has 138 valence electrons. The standard InChI is InChI=1S/C16H16N2O6S2/c19-12-6-5-11(18(23)24)8-10(12)9-13-15(22)17(16(25)26-13)7-3-1-2-4-14(20)21/h5-6,8-9,19H,1-4,7H2,(H,20,21)/p-2/b13-9-. The van der Waals surface area contributed by atoms with Gasteiger partial charge in [0.05, 0.1) is 9.83 Å². The summed E-state index contributed by atoms with van der Waals surface area (Å²) in [4.78, 5) is 34.6. The Morgan fingerprint density at radius 3 is 2.69 bits per heavy atom. The molecule has 1 heterocycles. The number of carbonyl (C=O) groups is 2. The van der Waals surface area contributed by atoms with Crippen LogP contribution in [0.15, 0.2) is 23.1 Å². The lowest BCUT2D eigenvalue weighted by Gasteiger charge is -2.14. The van der Waals surface area contributed by atoms with E-state index in [1.165, 1.54) is 11.0 Å². The molecule has 0 unspecified atom stereocenters. The number of benzene rings is 1. The first kappa shape index (κ1) is 19.9. The molecule has 1 saturated heterocycles. The Morgan fingerprint density at radius 1 is 1.31 bits per heavy atom. The normalized spacial score (nSPS) is 15.7. The molecule has 8 nitrogen and oxygen atoms in total. The van der Waals surface area contributed by atoms with E-state index in [4.69, 9.17) is 12.2 Å². The van der Waals surface area contributed by atoms with Crippen molar-refractivity contribution in [3.63, 3.8) is 0 Å². The molecule has 1 amide bonds. The largest absolute Gasteiger partial charge is 0.872 e. The molecule has 1 aliphatic heterocycles. The lowest BCUT2D eigenvalue weighted by Crippen LogP contribution is -2.29. The quantitative estimate of drug-likeness (QED) is 0.211. The number of aliphatic carboxylic acids is 1. The molecule has 0 N–H and O–H groups in total. The van der Waals surface area contributed by atoms with E-state index >= 15 is 0 Å². The number of carboxylic acid groups (broad SMARTS) is 1. The van der Waals surface area contributed by atoms with E-state index in [9.17, 15) is 29.9 Å². The minimum Gasteiger partial charge on any atom is -0.872 e. The summed E-state index contributed by atoms with van der Waals surface area (Å²) in [7, 11) is 0. The number of hydrogen-bond acceptors (Lipinski definition) is 8. The van der Waals surface area contributed by atoms with Crippen LogP contribution in [0.3, 0.4) is 0 Å². The van der Waals surface area contributed by atoms with E-state index in [1.807, 2.05) is 0 Å². The summed E-state index contributed by atoms with van der Waals surface area (Å²) >= 11 is 6.19. The van der Waals surface area contributed by atoms with E-state index < -0.39 is 16.6 Å². The fourth-order valence-electron chi connectivity index (χ4n) is 2.31. The number of non-ortho nitro benzene ring substituents is 1. The van der Waals surface area contributed by atoms with Gasteiger partial charge in [-0.25, -0.2) is 0 Å². The minimum absolute atomic E-state index is 0.0304. The number of nitro benzene ring substituents is 1. The Kier molecular flexibility index (Phi) is 6.70. The van der Waals surface area contributed by atoms with Crippen molar-refractivity contribution in [3.8, 4) is 5.75 Å². The average molecular weight is 394 g/mol. The first-order valence-electron chi connectivity index (χ1n) is 7.70. The van der Waals surface area contributed by atoms with Gasteiger partial charge in [0.2, 0.25) is 0 Å². The average Bonchev–Trinajstić information content (AvgIpc) is 2.83. The third-order valence-electron chi connectivity index (χ3n) is 3.63. The highest BCUT2D eigenvalue weighted by Gasteiger charge is 2.31. The predicted molar refractivity (Wildman–Crippen MR) is 95.9 cm³/mol. The van der Waals surface area contributed by atoms with Crippen molar-refractivity contribution in [1.82, 2.24) is 4.90 Å². The Hall–Kier alpha value is -2.46. The van der Waals surface area contributed by atoms with E-state index in [0.717, 1.165) is 30.0 Å². The second-order valence-corrected chi connectivity index (χ2v) is 7.17. The molecule has 26 heavy (non-hydrogen) atoms. The molecule has 0 spiro atoms. The second kappa shape index (κ2) is 8.77. The van der Waals surface area contributed by atoms with Gasteiger partial charge in [-0.05, 0) is 30.9 Å². The molecule has 10 heteroatoms. The van der Waals surface area contributed by atoms with E-state index in [2.05, 4.69) is 0 Å². The van der Waals surface area contributed by atoms with Crippen molar-refractivity contribution in [3.05, 3.63) is 38.8 Å². The topological polar surface area (TPSA) is 127 Å². The predicted octanol–water partition coefficient (Wildman–Crippen LogP) is 1.18. The van der Waals surface area contributed by atoms with Crippen LogP contribution in [0.25, 0.3) is 6.08 Å². The first-order chi connectivity index (χ1) is 12.3. The summed E-state index contributed by atoms with van der Waals surface area (Å²) in [5, 5.41) is 33.0. The second-order valence-electron chi connectivity index (χ2n) is 5.50. The van der Waals surface area contributed by atoms with Gasteiger partial charge in [-0.2, -0.15) is 0 Å². The summed E-state index contributed by atoms with van der Waals surface area (Å²) in [6, 6.07) is 3.31. The van der Waals surface area contributed by atoms with Gasteiger partial charge in [-0.3, -0.25) is 19.8 Å². The van der Waals surface area contributed by atoms with Crippen LogP contribution in [0.4, 0.5) is 5.69 Å². The van der Waals surface area contributed by atoms with Crippen LogP contribution < -0.4 is 10.2 Å². The number of thiocarbonyl (C=S) groups is 1. The summed E-state index contributed by atoms with van der Waals surface area (Å²) in [6.45, 7) is 0.341. The van der Waals surface area contributed by atoms with Crippen molar-refractivity contribution >= 4 is 51.9 Å². The maximum atomic E-state index is 12.4. The fourth-order valence-corrected chi connectivity index (χ4v) is 3.61. The highest BCUT2D eigenvalue weighted by atomic mass is 32.2. The molecular weight excluding hydrogens is 380 g/mol. The lowest BCUT2D eigenvalue weighted by molar-refractivity contribution is -0.385. The van der Waals surface area contributed by atoms with Crippen LogP contribution in [0.2, 0.25) is 0 Å². The number of nitrogens with zero attached hydrogens (tertiary/aromatic N) is 2. The Morgan fingerprint density at radius 2 is 2.04 bits per heavy atom. The summed E-state index contributed by atoms with van der Waals surface area (Å²) in [6.07, 6.45) is 2.93. The van der Waals surface area contributed by atoms with Gasteiger partial charge in [0.1, 0.15) is 4.32 Å². The molecular formula is C16H14N2O6S2-2. The third kappa shape index (κ3) is 5.02. The maximum Gasteiger partial charge on any atom is 0.269 e. The smallest absolute Gasteiger partial charge is 0.269 e. The summed E-state index contributed by atoms with van der Waals surface area (Å²) < 4.78 is 0.332. The van der Waals surface area contributed by atoms with Gasteiger partial charge in [0.25, 0.3) is 11.6 Å². The van der Waals surface area contributed by atoms with Crippen LogP contribution in [-0.2, 0) is 9.59 Å². The molecule has 1 aromatic rings. The Balaban J connectivity index is 2.06. The molecule has 0 bridgehead atoms. The summed E-state index contributed by atoms with van der Waals surface area (Å²) in [5.74, 6) is -1.90. The van der Waals surface area contributed by atoms with E-state index in [1.54, 1.807) is 0 Å². The molecule has 0 atom stereocenters. The fraction of sp³-hybridized carbons (Fsp3) is 0.312. The first-order valence-corrected chi connectivity index (χ1v) is 8.92. The Bertz CT molecular complexity index is 793. The van der Waals surface area contributed by atoms with Crippen LogP contribution in [0.1, 0.15) is 31.2 Å². The van der Waals surface area contributed by atoms with Crippen molar-refractivity contribution in [1.29, 1.82) is 0 Å². The zero-order chi connectivity index (χ0) is 19.3. The number of hydrogen-bond donors (Lipinski definition) is 0. The van der Waals surface area contributed by atoms with E-state index in [0.29, 0.717) is 30.1 Å². The van der Waals surface area contributed by atoms with Crippen LogP contribution in [0.5, 0.6) is 5.75 Å². The van der Waals surface area contributed by atoms with E-state index in [-0.39, 0.29) is 28.5 Å². The Labute approximate surface area is 158 Å². The zero-order valence-electron chi connectivity index (χ0n) is 13.5. The molecule has 1 aromatic carbocycles. The molecule has 1 fully saturated rings. The number of carboxylic acids is 1. The molecule has 0 aliphatic carbocycles. The number of unbranched alkanes of at least 4 members (excludes halogenated alkanes) is 2. The van der Waals surface area contributed by atoms with Gasteiger partial charge in [0.15, 0.2) is 0 Å². The maximum absolute atomic E-state index is 12.4. The molecule has 0 aromatic heterocycles. The minimum atomic E-state index is -1.11. The van der Waals surface area contributed by atoms with Crippen LogP contribution in [-0.4, -0.2) is 32.6 Å². The monoisotopic (exact) mass is 394 g/mol. The molecule has 2 rings (SSSR count). The van der Waals surface area contributed by atoms with Crippen molar-refractivity contribution in [2.75, 3.05) is 6.54 Å². The van der Waals surface area contributed by atoms with Crippen molar-refractivity contribution in [2.45, 2.75) is 25.7 Å². The number of nitro groups is 1.